The first kappa shape index (κ1) is 20.2. The van der Waals surface area contributed by atoms with Gasteiger partial charge in [0.1, 0.15) is 0 Å². The molecule has 2 unspecified atom stereocenters. The maximum absolute atomic E-state index is 13.0. The van der Waals surface area contributed by atoms with Gasteiger partial charge >= 0.3 is 5.30 Å². The van der Waals surface area contributed by atoms with E-state index in [-0.39, 0.29) is 11.7 Å². The van der Waals surface area contributed by atoms with Crippen LogP contribution >= 0.6 is 11.9 Å². The van der Waals surface area contributed by atoms with Crippen LogP contribution in [0, 0.1) is 5.92 Å². The number of hydrogen-bond acceptors (Lipinski definition) is 6. The summed E-state index contributed by atoms with van der Waals surface area (Å²) in [6.07, 6.45) is 1.62. The number of hydrogen-bond donors (Lipinski definition) is 0. The first-order valence-corrected chi connectivity index (χ1v) is 12.0. The lowest BCUT2D eigenvalue weighted by Crippen LogP contribution is -2.51. The summed E-state index contributed by atoms with van der Waals surface area (Å²) in [6, 6.07) is 20.3. The average Bonchev–Trinajstić information content (AvgIpc) is 3.15. The molecule has 2 aromatic carbocycles. The van der Waals surface area contributed by atoms with E-state index < -0.39 is 25.8 Å². The first-order valence-electron chi connectivity index (χ1n) is 9.54. The van der Waals surface area contributed by atoms with Crippen LogP contribution in [0.4, 0.5) is 4.79 Å². The van der Waals surface area contributed by atoms with E-state index in [1.807, 2.05) is 40.7 Å². The molecule has 29 heavy (non-hydrogen) atoms. The minimum absolute atomic E-state index is 0.133. The maximum Gasteiger partial charge on any atom is 0.387 e. The number of nitrogens with zero attached hydrogens (tertiary/aromatic N) is 1. The van der Waals surface area contributed by atoms with Crippen LogP contribution in [-0.4, -0.2) is 42.1 Å². The van der Waals surface area contributed by atoms with Gasteiger partial charge in [0.25, 0.3) is 0 Å². The lowest BCUT2D eigenvalue weighted by Gasteiger charge is -2.46. The zero-order valence-electron chi connectivity index (χ0n) is 15.9. The maximum atomic E-state index is 13.0. The molecule has 0 aliphatic carbocycles. The number of carbonyl (C=O) groups excluding carboxylic acids is 1. The van der Waals surface area contributed by atoms with E-state index in [4.69, 9.17) is 4.74 Å². The molecule has 5 nitrogen and oxygen atoms in total. The molecule has 0 saturated carbocycles. The Hall–Kier alpha value is -2.09. The van der Waals surface area contributed by atoms with Gasteiger partial charge < -0.3 is 4.74 Å². The standard InChI is InChI=1S/C22H23NO4S2/c1-2-27-21(24)28-23-15-19-20(16-23)29(25,26)14-13-22(19,17-9-5-3-6-10-17)18-11-7-4-8-12-18/h2-12,19-20H,1,13-16H2. The minimum Gasteiger partial charge on any atom is -0.426 e. The molecule has 152 valence electrons. The summed E-state index contributed by atoms with van der Waals surface area (Å²) in [4.78, 5) is 11.9. The molecule has 0 bridgehead atoms. The van der Waals surface area contributed by atoms with Crippen LogP contribution in [0.2, 0.25) is 0 Å². The molecule has 0 aromatic heterocycles. The Morgan fingerprint density at radius 1 is 1.07 bits per heavy atom. The van der Waals surface area contributed by atoms with Crippen molar-refractivity contribution in [1.29, 1.82) is 0 Å². The van der Waals surface area contributed by atoms with E-state index in [0.29, 0.717) is 19.5 Å². The Kier molecular flexibility index (Phi) is 5.55. The Labute approximate surface area is 175 Å². The van der Waals surface area contributed by atoms with Crippen LogP contribution in [-0.2, 0) is 20.0 Å². The van der Waals surface area contributed by atoms with Crippen LogP contribution in [0.5, 0.6) is 0 Å². The van der Waals surface area contributed by atoms with Crippen molar-refractivity contribution in [2.75, 3.05) is 18.8 Å². The van der Waals surface area contributed by atoms with E-state index in [0.717, 1.165) is 29.3 Å². The van der Waals surface area contributed by atoms with Gasteiger partial charge in [-0.1, -0.05) is 67.2 Å². The molecule has 4 rings (SSSR count). The summed E-state index contributed by atoms with van der Waals surface area (Å²) in [5.74, 6) is -0.0248. The van der Waals surface area contributed by atoms with Crippen LogP contribution in [0.3, 0.4) is 0 Å². The van der Waals surface area contributed by atoms with Crippen LogP contribution < -0.4 is 0 Å². The molecule has 0 radical (unpaired) electrons. The van der Waals surface area contributed by atoms with Crippen molar-refractivity contribution in [2.45, 2.75) is 17.1 Å². The highest BCUT2D eigenvalue weighted by molar-refractivity contribution is 8.11. The normalized spacial score (nSPS) is 25.1. The zero-order valence-corrected chi connectivity index (χ0v) is 17.6. The third-order valence-electron chi connectivity index (χ3n) is 6.07. The highest BCUT2D eigenvalue weighted by atomic mass is 32.2. The molecule has 2 aromatic rings. The third kappa shape index (κ3) is 3.63. The van der Waals surface area contributed by atoms with Crippen molar-refractivity contribution in [3.8, 4) is 0 Å². The number of fused-ring (bicyclic) bond motifs is 1. The fourth-order valence-corrected chi connectivity index (χ4v) is 7.86. The Bertz CT molecular complexity index is 952. The quantitative estimate of drug-likeness (QED) is 0.416. The van der Waals surface area contributed by atoms with Crippen molar-refractivity contribution in [2.24, 2.45) is 5.92 Å². The van der Waals surface area contributed by atoms with E-state index in [2.05, 4.69) is 30.8 Å². The number of benzene rings is 2. The predicted molar refractivity (Wildman–Crippen MR) is 115 cm³/mol. The third-order valence-corrected chi connectivity index (χ3v) is 9.04. The summed E-state index contributed by atoms with van der Waals surface area (Å²) in [7, 11) is -3.26. The first-order chi connectivity index (χ1) is 14.0. The van der Waals surface area contributed by atoms with E-state index >= 15 is 0 Å². The number of sulfone groups is 1. The average molecular weight is 430 g/mol. The van der Waals surface area contributed by atoms with Gasteiger partial charge in [-0.05, 0) is 17.5 Å². The second kappa shape index (κ2) is 7.97. The van der Waals surface area contributed by atoms with Crippen LogP contribution in [0.1, 0.15) is 17.5 Å². The molecular formula is C22H23NO4S2. The van der Waals surface area contributed by atoms with Crippen molar-refractivity contribution in [3.05, 3.63) is 84.6 Å². The smallest absolute Gasteiger partial charge is 0.387 e. The highest BCUT2D eigenvalue weighted by Gasteiger charge is 2.57. The summed E-state index contributed by atoms with van der Waals surface area (Å²) >= 11 is 0.926. The van der Waals surface area contributed by atoms with Gasteiger partial charge in [-0.25, -0.2) is 17.5 Å². The van der Waals surface area contributed by atoms with E-state index in [1.165, 1.54) is 0 Å². The van der Waals surface area contributed by atoms with Crippen molar-refractivity contribution >= 4 is 27.1 Å². The predicted octanol–water partition coefficient (Wildman–Crippen LogP) is 4.02. The Balaban J connectivity index is 1.80. The van der Waals surface area contributed by atoms with E-state index in [1.54, 1.807) is 0 Å². The van der Waals surface area contributed by atoms with Gasteiger partial charge in [0, 0.05) is 36.4 Å². The largest absolute Gasteiger partial charge is 0.426 e. The van der Waals surface area contributed by atoms with Crippen LogP contribution in [0.15, 0.2) is 73.5 Å². The number of rotatable bonds is 4. The van der Waals surface area contributed by atoms with Gasteiger partial charge in [-0.2, -0.15) is 0 Å². The van der Waals surface area contributed by atoms with E-state index in [9.17, 15) is 13.2 Å². The number of carbonyl (C=O) groups is 1. The van der Waals surface area contributed by atoms with Gasteiger partial charge in [0.05, 0.1) is 17.3 Å². The van der Waals surface area contributed by atoms with Gasteiger partial charge in [-0.15, -0.1) is 0 Å². The second-order valence-corrected chi connectivity index (χ2v) is 10.8. The fourth-order valence-electron chi connectivity index (χ4n) is 4.84. The van der Waals surface area contributed by atoms with Crippen LogP contribution in [0.25, 0.3) is 0 Å². The number of ether oxygens (including phenoxy) is 1. The van der Waals surface area contributed by atoms with Crippen molar-refractivity contribution in [3.63, 3.8) is 0 Å². The molecule has 2 saturated heterocycles. The van der Waals surface area contributed by atoms with Crippen molar-refractivity contribution < 1.29 is 17.9 Å². The highest BCUT2D eigenvalue weighted by Crippen LogP contribution is 2.52. The molecule has 2 atom stereocenters. The Morgan fingerprint density at radius 2 is 1.66 bits per heavy atom. The zero-order chi connectivity index (χ0) is 20.5. The van der Waals surface area contributed by atoms with Gasteiger partial charge in [0.15, 0.2) is 9.84 Å². The molecule has 2 aliphatic rings. The summed E-state index contributed by atoms with van der Waals surface area (Å²) in [5.41, 5.74) is 1.82. The summed E-state index contributed by atoms with van der Waals surface area (Å²) < 4.78 is 32.7. The molecule has 0 spiro atoms. The summed E-state index contributed by atoms with van der Waals surface area (Å²) in [6.45, 7) is 4.20. The lowest BCUT2D eigenvalue weighted by molar-refractivity contribution is 0.213. The fraction of sp³-hybridized carbons (Fsp3) is 0.318. The molecule has 0 N–H and O–H groups in total. The van der Waals surface area contributed by atoms with Gasteiger partial charge in [-0.3, -0.25) is 0 Å². The second-order valence-electron chi connectivity index (χ2n) is 7.44. The molecular weight excluding hydrogens is 406 g/mol. The molecule has 7 heteroatoms. The lowest BCUT2D eigenvalue weighted by atomic mass is 9.63. The minimum atomic E-state index is -3.26. The molecule has 2 heterocycles. The summed E-state index contributed by atoms with van der Waals surface area (Å²) in [5, 5.41) is -1.03. The SMILES string of the molecule is C=COC(=O)SN1CC2C(C1)S(=O)(=O)CCC2(c1ccccc1)c1ccccc1. The van der Waals surface area contributed by atoms with Crippen molar-refractivity contribution in [1.82, 2.24) is 4.31 Å². The molecule has 0 amide bonds. The molecule has 2 aliphatic heterocycles. The Morgan fingerprint density at radius 3 is 2.21 bits per heavy atom. The monoisotopic (exact) mass is 429 g/mol. The van der Waals surface area contributed by atoms with Gasteiger partial charge in [0.2, 0.25) is 0 Å². The molecule has 2 fully saturated rings. The topological polar surface area (TPSA) is 63.7 Å².